The highest BCUT2D eigenvalue weighted by molar-refractivity contribution is 5.43. The Morgan fingerprint density at radius 3 is 3.00 bits per heavy atom. The molecule has 0 unspecified atom stereocenters. The molecule has 0 N–H and O–H groups in total. The van der Waals surface area contributed by atoms with Gasteiger partial charge < -0.3 is 4.74 Å². The molecule has 4 heteroatoms. The van der Waals surface area contributed by atoms with Crippen molar-refractivity contribution in [2.45, 2.75) is 6.92 Å². The molecule has 0 spiro atoms. The highest BCUT2D eigenvalue weighted by atomic mass is 16.5. The van der Waals surface area contributed by atoms with E-state index in [1.54, 1.807) is 7.11 Å². The van der Waals surface area contributed by atoms with Crippen molar-refractivity contribution < 1.29 is 4.74 Å². The van der Waals surface area contributed by atoms with Gasteiger partial charge in [-0.05, 0) is 13.0 Å². The van der Waals surface area contributed by atoms with Gasteiger partial charge >= 0.3 is 0 Å². The maximum Gasteiger partial charge on any atom is 0.164 e. The van der Waals surface area contributed by atoms with Crippen LogP contribution in [0.5, 0.6) is 5.75 Å². The Labute approximate surface area is 69.8 Å². The minimum absolute atomic E-state index is 0.801. The van der Waals surface area contributed by atoms with Gasteiger partial charge in [0.25, 0.3) is 0 Å². The zero-order chi connectivity index (χ0) is 8.55. The molecule has 0 fully saturated rings. The number of hydrogen-bond donors (Lipinski definition) is 0. The van der Waals surface area contributed by atoms with Crippen LogP contribution in [0, 0.1) is 6.92 Å². The molecule has 0 saturated carbocycles. The van der Waals surface area contributed by atoms with Crippen LogP contribution in [0.1, 0.15) is 5.82 Å². The molecule has 2 aromatic heterocycles. The number of aryl methyl sites for hydroxylation is 1. The van der Waals surface area contributed by atoms with E-state index in [0.717, 1.165) is 17.2 Å². The van der Waals surface area contributed by atoms with Gasteiger partial charge in [-0.25, -0.2) is 0 Å². The molecule has 2 rings (SSSR count). The summed E-state index contributed by atoms with van der Waals surface area (Å²) in [6.45, 7) is 1.91. The number of fused-ring (bicyclic) bond motifs is 1. The van der Waals surface area contributed by atoms with Crippen LogP contribution < -0.4 is 4.74 Å². The van der Waals surface area contributed by atoms with E-state index in [1.807, 2.05) is 29.7 Å². The lowest BCUT2D eigenvalue weighted by atomic mass is 10.4. The van der Waals surface area contributed by atoms with Crippen LogP contribution in [0.3, 0.4) is 0 Å². The van der Waals surface area contributed by atoms with Crippen LogP contribution in [-0.4, -0.2) is 21.7 Å². The van der Waals surface area contributed by atoms with E-state index in [4.69, 9.17) is 4.74 Å². The maximum absolute atomic E-state index is 5.05. The molecule has 0 saturated heterocycles. The average molecular weight is 163 g/mol. The van der Waals surface area contributed by atoms with Gasteiger partial charge in [0, 0.05) is 12.3 Å². The fourth-order valence-corrected chi connectivity index (χ4v) is 1.12. The van der Waals surface area contributed by atoms with Crippen LogP contribution in [0.15, 0.2) is 18.3 Å². The van der Waals surface area contributed by atoms with Crippen LogP contribution in [0.25, 0.3) is 5.65 Å². The SMILES string of the molecule is COc1ccn2c(C)nnc2c1. The van der Waals surface area contributed by atoms with Crippen molar-refractivity contribution in [3.63, 3.8) is 0 Å². The fraction of sp³-hybridized carbons (Fsp3) is 0.250. The minimum Gasteiger partial charge on any atom is -0.497 e. The van der Waals surface area contributed by atoms with Crippen LogP contribution in [0.2, 0.25) is 0 Å². The van der Waals surface area contributed by atoms with Gasteiger partial charge in [0.2, 0.25) is 0 Å². The summed E-state index contributed by atoms with van der Waals surface area (Å²) in [7, 11) is 1.63. The summed E-state index contributed by atoms with van der Waals surface area (Å²) in [6, 6.07) is 3.73. The lowest BCUT2D eigenvalue weighted by Gasteiger charge is -1.98. The van der Waals surface area contributed by atoms with Gasteiger partial charge in [-0.1, -0.05) is 0 Å². The zero-order valence-electron chi connectivity index (χ0n) is 6.98. The summed E-state index contributed by atoms with van der Waals surface area (Å²) >= 11 is 0. The molecule has 0 amide bonds. The number of hydrogen-bond acceptors (Lipinski definition) is 3. The van der Waals surface area contributed by atoms with Gasteiger partial charge in [0.1, 0.15) is 11.6 Å². The number of nitrogens with zero attached hydrogens (tertiary/aromatic N) is 3. The Morgan fingerprint density at radius 1 is 1.42 bits per heavy atom. The fourth-order valence-electron chi connectivity index (χ4n) is 1.12. The first-order valence-corrected chi connectivity index (χ1v) is 3.66. The Kier molecular flexibility index (Phi) is 1.46. The first-order valence-electron chi connectivity index (χ1n) is 3.66. The van der Waals surface area contributed by atoms with Crippen molar-refractivity contribution in [2.75, 3.05) is 7.11 Å². The second-order valence-electron chi connectivity index (χ2n) is 2.54. The third-order valence-corrected chi connectivity index (χ3v) is 1.79. The number of aromatic nitrogens is 3. The van der Waals surface area contributed by atoms with Crippen LogP contribution in [0.4, 0.5) is 0 Å². The van der Waals surface area contributed by atoms with Crippen LogP contribution in [-0.2, 0) is 0 Å². The molecule has 2 aromatic rings. The molecule has 0 aliphatic rings. The van der Waals surface area contributed by atoms with E-state index < -0.39 is 0 Å². The Bertz CT molecular complexity index is 408. The highest BCUT2D eigenvalue weighted by Crippen LogP contribution is 2.12. The molecular formula is C8H9N3O. The number of ether oxygens (including phenoxy) is 1. The summed E-state index contributed by atoms with van der Waals surface area (Å²) in [5, 5.41) is 7.89. The average Bonchev–Trinajstić information content (AvgIpc) is 2.47. The molecule has 0 aliphatic carbocycles. The molecule has 2 heterocycles. The predicted molar refractivity (Wildman–Crippen MR) is 44.3 cm³/mol. The Hall–Kier alpha value is -1.58. The minimum atomic E-state index is 0.801. The van der Waals surface area contributed by atoms with Gasteiger partial charge in [-0.2, -0.15) is 0 Å². The van der Waals surface area contributed by atoms with Gasteiger partial charge in [-0.15, -0.1) is 10.2 Å². The van der Waals surface area contributed by atoms with Gasteiger partial charge in [0.15, 0.2) is 5.65 Å². The van der Waals surface area contributed by atoms with E-state index in [-0.39, 0.29) is 0 Å². The molecule has 0 radical (unpaired) electrons. The summed E-state index contributed by atoms with van der Waals surface area (Å²) in [5.74, 6) is 1.68. The number of pyridine rings is 1. The molecule has 0 atom stereocenters. The van der Waals surface area contributed by atoms with Crippen molar-refractivity contribution >= 4 is 5.65 Å². The zero-order valence-corrected chi connectivity index (χ0v) is 6.98. The third kappa shape index (κ3) is 0.922. The first-order chi connectivity index (χ1) is 5.81. The summed E-state index contributed by atoms with van der Waals surface area (Å²) in [5.41, 5.74) is 0.812. The largest absolute Gasteiger partial charge is 0.497 e. The second kappa shape index (κ2) is 2.48. The quantitative estimate of drug-likeness (QED) is 0.630. The monoisotopic (exact) mass is 163 g/mol. The molecule has 62 valence electrons. The summed E-state index contributed by atoms with van der Waals surface area (Å²) in [4.78, 5) is 0. The molecule has 0 bridgehead atoms. The predicted octanol–water partition coefficient (Wildman–Crippen LogP) is 1.05. The summed E-state index contributed by atoms with van der Waals surface area (Å²) < 4.78 is 6.96. The Morgan fingerprint density at radius 2 is 2.25 bits per heavy atom. The normalized spacial score (nSPS) is 10.5. The highest BCUT2D eigenvalue weighted by Gasteiger charge is 2.00. The van der Waals surface area contributed by atoms with E-state index in [0.29, 0.717) is 0 Å². The van der Waals surface area contributed by atoms with E-state index in [1.165, 1.54) is 0 Å². The standard InChI is InChI=1S/C8H9N3O/c1-6-9-10-8-5-7(12-2)3-4-11(6)8/h3-5H,1-2H3. The van der Waals surface area contributed by atoms with Gasteiger partial charge in [0.05, 0.1) is 7.11 Å². The van der Waals surface area contributed by atoms with E-state index in [9.17, 15) is 0 Å². The molecule has 4 nitrogen and oxygen atoms in total. The number of rotatable bonds is 1. The van der Waals surface area contributed by atoms with Crippen molar-refractivity contribution in [3.05, 3.63) is 24.2 Å². The molecule has 0 aromatic carbocycles. The third-order valence-electron chi connectivity index (χ3n) is 1.79. The smallest absolute Gasteiger partial charge is 0.164 e. The number of methoxy groups -OCH3 is 1. The van der Waals surface area contributed by atoms with Crippen molar-refractivity contribution in [1.82, 2.24) is 14.6 Å². The second-order valence-corrected chi connectivity index (χ2v) is 2.54. The van der Waals surface area contributed by atoms with Crippen LogP contribution >= 0.6 is 0 Å². The maximum atomic E-state index is 5.05. The first kappa shape index (κ1) is 7.09. The molecule has 0 aliphatic heterocycles. The van der Waals surface area contributed by atoms with Crippen molar-refractivity contribution in [2.24, 2.45) is 0 Å². The van der Waals surface area contributed by atoms with E-state index >= 15 is 0 Å². The van der Waals surface area contributed by atoms with E-state index in [2.05, 4.69) is 10.2 Å². The lowest BCUT2D eigenvalue weighted by molar-refractivity contribution is 0.414. The van der Waals surface area contributed by atoms with Crippen molar-refractivity contribution in [3.8, 4) is 5.75 Å². The van der Waals surface area contributed by atoms with Gasteiger partial charge in [-0.3, -0.25) is 4.40 Å². The Balaban J connectivity index is 2.69. The molecular weight excluding hydrogens is 154 g/mol. The van der Waals surface area contributed by atoms with Crippen molar-refractivity contribution in [1.29, 1.82) is 0 Å². The lowest BCUT2D eigenvalue weighted by Crippen LogP contribution is -1.88. The topological polar surface area (TPSA) is 39.4 Å². The molecule has 12 heavy (non-hydrogen) atoms. The summed E-state index contributed by atoms with van der Waals surface area (Å²) in [6.07, 6.45) is 1.89.